The van der Waals surface area contributed by atoms with Crippen molar-refractivity contribution in [1.82, 2.24) is 9.21 Å². The molecule has 1 aliphatic heterocycles. The smallest absolute Gasteiger partial charge is 0.244 e. The Morgan fingerprint density at radius 1 is 1.40 bits per heavy atom. The molecule has 0 amide bonds. The van der Waals surface area contributed by atoms with Crippen LogP contribution in [0.4, 0.5) is 10.1 Å². The molecule has 1 aromatic carbocycles. The van der Waals surface area contributed by atoms with Crippen LogP contribution in [0.25, 0.3) is 0 Å². The minimum Gasteiger partial charge on any atom is -0.396 e. The number of anilines is 1. The van der Waals surface area contributed by atoms with Crippen LogP contribution in [0.2, 0.25) is 0 Å². The van der Waals surface area contributed by atoms with Crippen molar-refractivity contribution in [3.63, 3.8) is 0 Å². The Balaban J connectivity index is 2.38. The molecule has 2 N–H and O–H groups in total. The highest BCUT2D eigenvalue weighted by Crippen LogP contribution is 2.30. The summed E-state index contributed by atoms with van der Waals surface area (Å²) in [5.41, 5.74) is 5.31. The molecule has 20 heavy (non-hydrogen) atoms. The quantitative estimate of drug-likeness (QED) is 0.806. The molecule has 112 valence electrons. The first kappa shape index (κ1) is 15.7. The number of hydrogen-bond donors (Lipinski definition) is 1. The van der Waals surface area contributed by atoms with Crippen LogP contribution in [0.5, 0.6) is 0 Å². The van der Waals surface area contributed by atoms with Crippen LogP contribution < -0.4 is 5.73 Å². The first-order chi connectivity index (χ1) is 9.23. The number of halogens is 2. The molecule has 0 aliphatic carbocycles. The zero-order chi connectivity index (χ0) is 15.1. The third kappa shape index (κ3) is 2.83. The van der Waals surface area contributed by atoms with Gasteiger partial charge in [-0.15, -0.1) is 0 Å². The summed E-state index contributed by atoms with van der Waals surface area (Å²) < 4.78 is 40.2. The number of nitrogens with two attached hydrogens (primary N) is 1. The van der Waals surface area contributed by atoms with E-state index >= 15 is 0 Å². The zero-order valence-corrected chi connectivity index (χ0v) is 13.7. The van der Waals surface area contributed by atoms with Crippen LogP contribution >= 0.6 is 15.9 Å². The van der Waals surface area contributed by atoms with E-state index in [0.717, 1.165) is 12.1 Å². The highest BCUT2D eigenvalue weighted by molar-refractivity contribution is 9.10. The number of sulfonamides is 1. The van der Waals surface area contributed by atoms with Crippen LogP contribution in [0.1, 0.15) is 6.92 Å². The first-order valence-electron chi connectivity index (χ1n) is 6.18. The Morgan fingerprint density at radius 2 is 2.05 bits per heavy atom. The van der Waals surface area contributed by atoms with Gasteiger partial charge in [0.25, 0.3) is 0 Å². The van der Waals surface area contributed by atoms with Crippen LogP contribution in [0, 0.1) is 5.82 Å². The highest BCUT2D eigenvalue weighted by Gasteiger charge is 2.32. The molecule has 1 heterocycles. The van der Waals surface area contributed by atoms with Gasteiger partial charge in [-0.3, -0.25) is 0 Å². The molecule has 5 nitrogen and oxygen atoms in total. The summed E-state index contributed by atoms with van der Waals surface area (Å²) in [6, 6.07) is 2.38. The van der Waals surface area contributed by atoms with Crippen LogP contribution in [0.15, 0.2) is 21.5 Å². The lowest BCUT2D eigenvalue weighted by molar-refractivity contribution is 0.159. The summed E-state index contributed by atoms with van der Waals surface area (Å²) in [7, 11) is -1.72. The largest absolute Gasteiger partial charge is 0.396 e. The van der Waals surface area contributed by atoms with E-state index in [1.165, 1.54) is 4.31 Å². The third-order valence-electron chi connectivity index (χ3n) is 3.59. The molecule has 1 saturated heterocycles. The molecule has 1 aromatic rings. The minimum absolute atomic E-state index is 0.00755. The monoisotopic (exact) mass is 365 g/mol. The second-order valence-electron chi connectivity index (χ2n) is 5.00. The fraction of sp³-hybridized carbons (Fsp3) is 0.500. The molecular formula is C12H17BrFN3O2S. The fourth-order valence-corrected chi connectivity index (χ4v) is 4.64. The van der Waals surface area contributed by atoms with Gasteiger partial charge in [-0.1, -0.05) is 0 Å². The van der Waals surface area contributed by atoms with Gasteiger partial charge in [-0.05, 0) is 42.0 Å². The van der Waals surface area contributed by atoms with Gasteiger partial charge in [0.15, 0.2) is 0 Å². The summed E-state index contributed by atoms with van der Waals surface area (Å²) in [6.45, 7) is 3.44. The average molecular weight is 366 g/mol. The Labute approximate surface area is 126 Å². The zero-order valence-electron chi connectivity index (χ0n) is 11.3. The Hall–Kier alpha value is -0.700. The van der Waals surface area contributed by atoms with E-state index in [9.17, 15) is 12.8 Å². The van der Waals surface area contributed by atoms with Crippen molar-refractivity contribution in [3.05, 3.63) is 22.4 Å². The molecule has 2 rings (SSSR count). The van der Waals surface area contributed by atoms with E-state index in [-0.39, 0.29) is 21.1 Å². The highest BCUT2D eigenvalue weighted by atomic mass is 79.9. The summed E-state index contributed by atoms with van der Waals surface area (Å²) in [4.78, 5) is 2.10. The Bertz CT molecular complexity index is 623. The van der Waals surface area contributed by atoms with Crippen molar-refractivity contribution in [2.45, 2.75) is 17.9 Å². The van der Waals surface area contributed by atoms with Crippen LogP contribution in [-0.4, -0.2) is 50.3 Å². The first-order valence-corrected chi connectivity index (χ1v) is 8.41. The molecule has 0 radical (unpaired) electrons. The van der Waals surface area contributed by atoms with E-state index in [4.69, 9.17) is 5.73 Å². The van der Waals surface area contributed by atoms with Crippen LogP contribution in [0.3, 0.4) is 0 Å². The average Bonchev–Trinajstić information content (AvgIpc) is 2.36. The van der Waals surface area contributed by atoms with Crippen molar-refractivity contribution in [1.29, 1.82) is 0 Å². The Kier molecular flexibility index (Phi) is 4.38. The number of likely N-dealkylation sites (N-methyl/N-ethyl adjacent to an activating group) is 1. The lowest BCUT2D eigenvalue weighted by Gasteiger charge is -2.36. The maximum absolute atomic E-state index is 13.3. The number of nitrogen functional groups attached to an aromatic ring is 1. The topological polar surface area (TPSA) is 66.6 Å². The number of benzene rings is 1. The molecule has 1 aliphatic rings. The van der Waals surface area contributed by atoms with Gasteiger partial charge in [0.2, 0.25) is 10.0 Å². The molecule has 1 unspecified atom stereocenters. The molecule has 0 saturated carbocycles. The molecule has 8 heteroatoms. The maximum atomic E-state index is 13.3. The molecule has 0 bridgehead atoms. The van der Waals surface area contributed by atoms with Gasteiger partial charge in [0, 0.05) is 30.1 Å². The summed E-state index contributed by atoms with van der Waals surface area (Å²) >= 11 is 3.10. The van der Waals surface area contributed by atoms with Gasteiger partial charge in [0.05, 0.1) is 10.6 Å². The summed E-state index contributed by atoms with van der Waals surface area (Å²) in [5.74, 6) is -0.637. The van der Waals surface area contributed by atoms with E-state index < -0.39 is 15.8 Å². The van der Waals surface area contributed by atoms with Gasteiger partial charge in [-0.2, -0.15) is 4.31 Å². The number of rotatable bonds is 2. The van der Waals surface area contributed by atoms with E-state index in [1.54, 1.807) is 0 Å². The lowest BCUT2D eigenvalue weighted by atomic mass is 10.2. The number of hydrogen-bond acceptors (Lipinski definition) is 4. The van der Waals surface area contributed by atoms with Crippen molar-refractivity contribution in [2.24, 2.45) is 0 Å². The maximum Gasteiger partial charge on any atom is 0.244 e. The SMILES string of the molecule is CC1CN(S(=O)(=O)c2cc(N)c(F)cc2Br)CCN1C. The second kappa shape index (κ2) is 5.59. The van der Waals surface area contributed by atoms with E-state index in [1.807, 2.05) is 14.0 Å². The molecular weight excluding hydrogens is 349 g/mol. The number of nitrogens with zero attached hydrogens (tertiary/aromatic N) is 2. The molecule has 1 atom stereocenters. The predicted octanol–water partition coefficient (Wildman–Crippen LogP) is 1.50. The fourth-order valence-electron chi connectivity index (χ4n) is 2.11. The van der Waals surface area contributed by atoms with Crippen molar-refractivity contribution < 1.29 is 12.8 Å². The van der Waals surface area contributed by atoms with Gasteiger partial charge < -0.3 is 10.6 Å². The van der Waals surface area contributed by atoms with E-state index in [2.05, 4.69) is 20.8 Å². The summed E-state index contributed by atoms with van der Waals surface area (Å²) in [5, 5.41) is 0. The van der Waals surface area contributed by atoms with Crippen molar-refractivity contribution >= 4 is 31.6 Å². The van der Waals surface area contributed by atoms with E-state index in [0.29, 0.717) is 19.6 Å². The molecule has 1 fully saturated rings. The predicted molar refractivity (Wildman–Crippen MR) is 79.4 cm³/mol. The number of piperazine rings is 1. The van der Waals surface area contributed by atoms with Gasteiger partial charge in [0.1, 0.15) is 5.82 Å². The van der Waals surface area contributed by atoms with Crippen molar-refractivity contribution in [2.75, 3.05) is 32.4 Å². The molecule has 0 spiro atoms. The molecule has 0 aromatic heterocycles. The standard InChI is InChI=1S/C12H17BrFN3O2S/c1-8-7-17(4-3-16(8)2)20(18,19)12-6-11(15)10(14)5-9(12)13/h5-6,8H,3-4,7,15H2,1-2H3. The summed E-state index contributed by atoms with van der Waals surface area (Å²) in [6.07, 6.45) is 0. The minimum atomic E-state index is -3.68. The van der Waals surface area contributed by atoms with Gasteiger partial charge >= 0.3 is 0 Å². The lowest BCUT2D eigenvalue weighted by Crippen LogP contribution is -2.51. The van der Waals surface area contributed by atoms with Crippen molar-refractivity contribution in [3.8, 4) is 0 Å². The second-order valence-corrected chi connectivity index (χ2v) is 7.76. The normalized spacial score (nSPS) is 22.1. The Morgan fingerprint density at radius 3 is 2.65 bits per heavy atom. The van der Waals surface area contributed by atoms with Crippen LogP contribution in [-0.2, 0) is 10.0 Å². The van der Waals surface area contributed by atoms with Gasteiger partial charge in [-0.25, -0.2) is 12.8 Å². The third-order valence-corrected chi connectivity index (χ3v) is 6.42.